The van der Waals surface area contributed by atoms with Crippen molar-refractivity contribution in [3.8, 4) is 0 Å². The van der Waals surface area contributed by atoms with Crippen LogP contribution in [0.1, 0.15) is 70.0 Å². The lowest BCUT2D eigenvalue weighted by molar-refractivity contribution is -0.120. The number of rotatable bonds is 9. The van der Waals surface area contributed by atoms with E-state index in [4.69, 9.17) is 0 Å². The molecule has 0 saturated heterocycles. The van der Waals surface area contributed by atoms with Crippen molar-refractivity contribution in [2.45, 2.75) is 64.4 Å². The van der Waals surface area contributed by atoms with Crippen LogP contribution >= 0.6 is 0 Å². The smallest absolute Gasteiger partial charge is 0.158 e. The first-order chi connectivity index (χ1) is 11.6. The second-order valence-electron chi connectivity index (χ2n) is 7.46. The first kappa shape index (κ1) is 18.9. The van der Waals surface area contributed by atoms with Gasteiger partial charge in [0.25, 0.3) is 0 Å². The molecule has 0 amide bonds. The molecule has 24 heavy (non-hydrogen) atoms. The molecule has 2 nitrogen and oxygen atoms in total. The van der Waals surface area contributed by atoms with E-state index in [1.807, 2.05) is 30.3 Å². The van der Waals surface area contributed by atoms with Crippen LogP contribution in [0.15, 0.2) is 43.0 Å². The van der Waals surface area contributed by atoms with Gasteiger partial charge in [-0.25, -0.2) is 0 Å². The van der Waals surface area contributed by atoms with E-state index in [0.29, 0.717) is 11.8 Å². The van der Waals surface area contributed by atoms with Gasteiger partial charge >= 0.3 is 0 Å². The van der Waals surface area contributed by atoms with Gasteiger partial charge in [0.05, 0.1) is 6.10 Å². The molecular formula is C22H32O2. The van der Waals surface area contributed by atoms with Crippen molar-refractivity contribution in [2.24, 2.45) is 17.8 Å². The monoisotopic (exact) mass is 328 g/mol. The number of ketones is 1. The van der Waals surface area contributed by atoms with Crippen LogP contribution in [0.5, 0.6) is 0 Å². The average molecular weight is 328 g/mol. The summed E-state index contributed by atoms with van der Waals surface area (Å²) < 4.78 is 0. The zero-order chi connectivity index (χ0) is 17.4. The molecule has 1 aromatic carbocycles. The Kier molecular flexibility index (Phi) is 7.71. The van der Waals surface area contributed by atoms with Crippen molar-refractivity contribution in [3.05, 3.63) is 48.6 Å². The maximum Gasteiger partial charge on any atom is 0.158 e. The van der Waals surface area contributed by atoms with Gasteiger partial charge in [0.2, 0.25) is 0 Å². The second-order valence-corrected chi connectivity index (χ2v) is 7.46. The molecular weight excluding hydrogens is 296 g/mol. The van der Waals surface area contributed by atoms with Crippen LogP contribution in [0.25, 0.3) is 0 Å². The molecule has 1 aliphatic rings. The van der Waals surface area contributed by atoms with Crippen LogP contribution in [0.2, 0.25) is 0 Å². The molecule has 0 radical (unpaired) electrons. The van der Waals surface area contributed by atoms with E-state index in [-0.39, 0.29) is 11.7 Å². The molecule has 2 rings (SSSR count). The third-order valence-corrected chi connectivity index (χ3v) is 5.57. The van der Waals surface area contributed by atoms with Gasteiger partial charge in [-0.1, -0.05) is 63.1 Å². The highest BCUT2D eigenvalue weighted by molar-refractivity contribution is 5.91. The molecule has 1 aliphatic carbocycles. The van der Waals surface area contributed by atoms with E-state index in [2.05, 4.69) is 13.5 Å². The van der Waals surface area contributed by atoms with Gasteiger partial charge in [-0.15, -0.1) is 0 Å². The summed E-state index contributed by atoms with van der Waals surface area (Å²) in [6.07, 6.45) is 9.98. The summed E-state index contributed by atoms with van der Waals surface area (Å²) in [6, 6.07) is 9.85. The van der Waals surface area contributed by atoms with Crippen molar-refractivity contribution in [1.29, 1.82) is 0 Å². The third kappa shape index (κ3) is 5.59. The lowest BCUT2D eigenvalue weighted by atomic mass is 9.75. The van der Waals surface area contributed by atoms with Crippen LogP contribution < -0.4 is 0 Å². The Hall–Kier alpha value is -1.41. The molecule has 132 valence electrons. The molecule has 1 fully saturated rings. The standard InChI is InChI=1S/C22H32O2/c1-3-21(23)20(18-10-6-4-7-11-18)15-14-17(2)16-22(24)19-12-8-5-9-13-19/h3,5,8-9,12-13,17-18,20,22,24H,1,4,6-7,10-11,14-16H2,2H3. The lowest BCUT2D eigenvalue weighted by Gasteiger charge is -2.29. The molecule has 0 bridgehead atoms. The fourth-order valence-electron chi connectivity index (χ4n) is 4.07. The summed E-state index contributed by atoms with van der Waals surface area (Å²) in [6.45, 7) is 5.88. The molecule has 0 aliphatic heterocycles. The summed E-state index contributed by atoms with van der Waals surface area (Å²) in [5, 5.41) is 10.4. The summed E-state index contributed by atoms with van der Waals surface area (Å²) in [5.41, 5.74) is 0.982. The minimum absolute atomic E-state index is 0.138. The number of hydrogen-bond acceptors (Lipinski definition) is 2. The number of benzene rings is 1. The van der Waals surface area contributed by atoms with E-state index < -0.39 is 6.10 Å². The highest BCUT2D eigenvalue weighted by Crippen LogP contribution is 2.35. The third-order valence-electron chi connectivity index (χ3n) is 5.57. The molecule has 0 aromatic heterocycles. The van der Waals surface area contributed by atoms with Crippen molar-refractivity contribution in [2.75, 3.05) is 0 Å². The molecule has 2 heteroatoms. The Morgan fingerprint density at radius 3 is 2.50 bits per heavy atom. The predicted molar refractivity (Wildman–Crippen MR) is 99.7 cm³/mol. The van der Waals surface area contributed by atoms with Crippen LogP contribution in [0.3, 0.4) is 0 Å². The average Bonchev–Trinajstić information content (AvgIpc) is 2.63. The maximum atomic E-state index is 12.3. The molecule has 1 aromatic rings. The Bertz CT molecular complexity index is 502. The zero-order valence-corrected chi connectivity index (χ0v) is 15.0. The van der Waals surface area contributed by atoms with Crippen molar-refractivity contribution >= 4 is 5.78 Å². The Morgan fingerprint density at radius 2 is 1.88 bits per heavy atom. The Labute approximate surface area is 147 Å². The van der Waals surface area contributed by atoms with Crippen LogP contribution in [-0.2, 0) is 4.79 Å². The maximum absolute atomic E-state index is 12.3. The Morgan fingerprint density at radius 1 is 1.21 bits per heavy atom. The highest BCUT2D eigenvalue weighted by Gasteiger charge is 2.28. The Balaban J connectivity index is 1.86. The minimum atomic E-state index is -0.413. The molecule has 3 unspecified atom stereocenters. The second kappa shape index (κ2) is 9.78. The largest absolute Gasteiger partial charge is 0.388 e. The predicted octanol–water partition coefficient (Wildman–Crippen LogP) is 5.48. The normalized spacial score (nSPS) is 19.4. The molecule has 3 atom stereocenters. The van der Waals surface area contributed by atoms with E-state index >= 15 is 0 Å². The van der Waals surface area contributed by atoms with Gasteiger partial charge in [0.15, 0.2) is 5.78 Å². The van der Waals surface area contributed by atoms with Gasteiger partial charge in [0, 0.05) is 5.92 Å². The van der Waals surface area contributed by atoms with E-state index in [1.165, 1.54) is 38.2 Å². The first-order valence-corrected chi connectivity index (χ1v) is 9.51. The van der Waals surface area contributed by atoms with Crippen LogP contribution in [0, 0.1) is 17.8 Å². The fourth-order valence-corrected chi connectivity index (χ4v) is 4.07. The number of aliphatic hydroxyl groups is 1. The summed E-state index contributed by atoms with van der Waals surface area (Å²) in [7, 11) is 0. The van der Waals surface area contributed by atoms with Gasteiger partial charge in [0.1, 0.15) is 0 Å². The quantitative estimate of drug-likeness (QED) is 0.610. The summed E-state index contributed by atoms with van der Waals surface area (Å²) in [5.74, 6) is 1.30. The van der Waals surface area contributed by atoms with Crippen molar-refractivity contribution in [3.63, 3.8) is 0 Å². The number of allylic oxidation sites excluding steroid dienone is 1. The number of carbonyl (C=O) groups is 1. The molecule has 1 N–H and O–H groups in total. The van der Waals surface area contributed by atoms with Crippen LogP contribution in [0.4, 0.5) is 0 Å². The number of carbonyl (C=O) groups excluding carboxylic acids is 1. The van der Waals surface area contributed by atoms with Crippen molar-refractivity contribution in [1.82, 2.24) is 0 Å². The summed E-state index contributed by atoms with van der Waals surface area (Å²) >= 11 is 0. The molecule has 0 spiro atoms. The number of aliphatic hydroxyl groups excluding tert-OH is 1. The van der Waals surface area contributed by atoms with E-state index in [1.54, 1.807) is 0 Å². The van der Waals surface area contributed by atoms with E-state index in [9.17, 15) is 9.90 Å². The highest BCUT2D eigenvalue weighted by atomic mass is 16.3. The van der Waals surface area contributed by atoms with Gasteiger partial charge in [-0.2, -0.15) is 0 Å². The SMILES string of the molecule is C=CC(=O)C(CCC(C)CC(O)c1ccccc1)C1CCCCC1. The van der Waals surface area contributed by atoms with Gasteiger partial charge in [-0.3, -0.25) is 4.79 Å². The first-order valence-electron chi connectivity index (χ1n) is 9.51. The van der Waals surface area contributed by atoms with Crippen LogP contribution in [-0.4, -0.2) is 10.9 Å². The van der Waals surface area contributed by atoms with Gasteiger partial charge < -0.3 is 5.11 Å². The minimum Gasteiger partial charge on any atom is -0.388 e. The molecule has 0 heterocycles. The number of hydrogen-bond donors (Lipinski definition) is 1. The van der Waals surface area contributed by atoms with Crippen molar-refractivity contribution < 1.29 is 9.90 Å². The lowest BCUT2D eigenvalue weighted by Crippen LogP contribution is -2.25. The van der Waals surface area contributed by atoms with E-state index in [0.717, 1.165) is 24.8 Å². The molecule has 1 saturated carbocycles. The van der Waals surface area contributed by atoms with Gasteiger partial charge in [-0.05, 0) is 55.6 Å². The topological polar surface area (TPSA) is 37.3 Å². The zero-order valence-electron chi connectivity index (χ0n) is 15.0. The fraction of sp³-hybridized carbons (Fsp3) is 0.591. The summed E-state index contributed by atoms with van der Waals surface area (Å²) in [4.78, 5) is 12.3.